The Morgan fingerprint density at radius 3 is 2.21 bits per heavy atom. The van der Waals surface area contributed by atoms with Gasteiger partial charge < -0.3 is 15.0 Å². The Morgan fingerprint density at radius 1 is 1.00 bits per heavy atom. The van der Waals surface area contributed by atoms with Gasteiger partial charge in [0.1, 0.15) is 24.2 Å². The number of halogens is 2. The van der Waals surface area contributed by atoms with Crippen LogP contribution in [0.5, 0.6) is 5.75 Å². The molecule has 1 N–H and O–H groups in total. The van der Waals surface area contributed by atoms with Crippen LogP contribution in [0, 0.1) is 5.82 Å². The molecule has 0 aromatic heterocycles. The number of carbonyl (C=O) groups is 2. The van der Waals surface area contributed by atoms with Gasteiger partial charge in [0.2, 0.25) is 11.8 Å². The number of sulfonamides is 1. The van der Waals surface area contributed by atoms with Crippen LogP contribution in [0.4, 0.5) is 10.1 Å². The molecule has 8 nitrogen and oxygen atoms in total. The average molecular weight is 576 g/mol. The number of benzene rings is 3. The van der Waals surface area contributed by atoms with Crippen molar-refractivity contribution in [2.45, 2.75) is 37.8 Å². The molecule has 0 saturated carbocycles. The molecule has 3 rings (SSSR count). The lowest BCUT2D eigenvalue weighted by molar-refractivity contribution is -0.140. The minimum Gasteiger partial charge on any atom is -0.494 e. The summed E-state index contributed by atoms with van der Waals surface area (Å²) in [6.07, 6.45) is 0.276. The fourth-order valence-corrected chi connectivity index (χ4v) is 5.64. The largest absolute Gasteiger partial charge is 0.494 e. The molecule has 0 spiro atoms. The first-order chi connectivity index (χ1) is 18.6. The van der Waals surface area contributed by atoms with Gasteiger partial charge in [0.25, 0.3) is 10.0 Å². The van der Waals surface area contributed by atoms with Crippen molar-refractivity contribution in [3.8, 4) is 5.75 Å². The zero-order valence-electron chi connectivity index (χ0n) is 21.9. The number of hydrogen-bond acceptors (Lipinski definition) is 5. The van der Waals surface area contributed by atoms with E-state index in [9.17, 15) is 22.4 Å². The Hall–Kier alpha value is -3.63. The minimum atomic E-state index is -4.29. The normalized spacial score (nSPS) is 11.9. The van der Waals surface area contributed by atoms with Crippen LogP contribution >= 0.6 is 11.6 Å². The van der Waals surface area contributed by atoms with Crippen molar-refractivity contribution in [3.63, 3.8) is 0 Å². The Labute approximate surface area is 233 Å². The van der Waals surface area contributed by atoms with Crippen molar-refractivity contribution in [1.82, 2.24) is 10.2 Å². The summed E-state index contributed by atoms with van der Waals surface area (Å²) in [6, 6.07) is 16.6. The zero-order chi connectivity index (χ0) is 28.6. The molecule has 0 aliphatic heterocycles. The summed E-state index contributed by atoms with van der Waals surface area (Å²) in [6.45, 7) is 3.31. The molecule has 0 radical (unpaired) electrons. The third-order valence-corrected chi connectivity index (χ3v) is 8.20. The molecule has 0 aliphatic rings. The van der Waals surface area contributed by atoms with Gasteiger partial charge >= 0.3 is 0 Å². The van der Waals surface area contributed by atoms with Crippen molar-refractivity contribution in [2.24, 2.45) is 0 Å². The van der Waals surface area contributed by atoms with Crippen LogP contribution in [0.2, 0.25) is 5.02 Å². The number of nitrogens with zero attached hydrogens (tertiary/aromatic N) is 2. The minimum absolute atomic E-state index is 0.0230. The molecule has 0 saturated heterocycles. The maximum atomic E-state index is 13.9. The molecule has 39 heavy (non-hydrogen) atoms. The molecule has 0 heterocycles. The van der Waals surface area contributed by atoms with E-state index >= 15 is 0 Å². The van der Waals surface area contributed by atoms with Gasteiger partial charge in [-0.1, -0.05) is 36.7 Å². The summed E-state index contributed by atoms with van der Waals surface area (Å²) < 4.78 is 47.6. The molecule has 0 fully saturated rings. The van der Waals surface area contributed by atoms with Crippen molar-refractivity contribution >= 4 is 39.1 Å². The van der Waals surface area contributed by atoms with Gasteiger partial charge in [0, 0.05) is 18.6 Å². The van der Waals surface area contributed by atoms with Gasteiger partial charge in [-0.05, 0) is 73.5 Å². The highest BCUT2D eigenvalue weighted by molar-refractivity contribution is 7.92. The second-order valence-corrected chi connectivity index (χ2v) is 10.8. The van der Waals surface area contributed by atoms with Gasteiger partial charge in [-0.15, -0.1) is 0 Å². The highest BCUT2D eigenvalue weighted by atomic mass is 35.5. The number of amides is 2. The van der Waals surface area contributed by atoms with E-state index in [2.05, 4.69) is 5.32 Å². The lowest BCUT2D eigenvalue weighted by Crippen LogP contribution is -2.51. The van der Waals surface area contributed by atoms with Gasteiger partial charge in [0.05, 0.1) is 17.2 Å². The molecular formula is C28H31ClFN3O5S. The van der Waals surface area contributed by atoms with Gasteiger partial charge in [0.15, 0.2) is 0 Å². The van der Waals surface area contributed by atoms with Crippen LogP contribution in [0.3, 0.4) is 0 Å². The fourth-order valence-electron chi connectivity index (χ4n) is 4.03. The van der Waals surface area contributed by atoms with Crippen LogP contribution in [0.15, 0.2) is 77.7 Å². The monoisotopic (exact) mass is 575 g/mol. The summed E-state index contributed by atoms with van der Waals surface area (Å²) in [5.41, 5.74) is 0.682. The standard InChI is InChI=1S/C28H31ClFN3O5S/c1-4-26(28(35)31-3)32(18-20-8-6-7-9-25(20)29)27(34)19-33(22-12-10-21(30)11-13-22)39(36,37)24-16-14-23(15-17-24)38-5-2/h6-17,26H,4-5,18-19H2,1-3H3,(H,31,35)/t26-/m1/s1. The van der Waals surface area contributed by atoms with Crippen LogP contribution in [0.25, 0.3) is 0 Å². The quantitative estimate of drug-likeness (QED) is 0.340. The molecule has 1 atom stereocenters. The lowest BCUT2D eigenvalue weighted by Gasteiger charge is -2.33. The van der Waals surface area contributed by atoms with Crippen molar-refractivity contribution in [3.05, 3.63) is 89.2 Å². The average Bonchev–Trinajstić information content (AvgIpc) is 2.93. The van der Waals surface area contributed by atoms with E-state index in [1.54, 1.807) is 31.2 Å². The van der Waals surface area contributed by atoms with E-state index in [0.717, 1.165) is 16.4 Å². The molecule has 3 aromatic carbocycles. The van der Waals surface area contributed by atoms with Crippen LogP contribution in [0.1, 0.15) is 25.8 Å². The fraction of sp³-hybridized carbons (Fsp3) is 0.286. The summed E-state index contributed by atoms with van der Waals surface area (Å²) in [4.78, 5) is 27.8. The van der Waals surface area contributed by atoms with E-state index in [-0.39, 0.29) is 23.5 Å². The molecule has 3 aromatic rings. The SMILES string of the molecule is CCOc1ccc(S(=O)(=O)N(CC(=O)N(Cc2ccccc2Cl)[C@H](CC)C(=O)NC)c2ccc(F)cc2)cc1. The van der Waals surface area contributed by atoms with Crippen LogP contribution in [-0.2, 0) is 26.2 Å². The predicted octanol–water partition coefficient (Wildman–Crippen LogP) is 4.63. The number of carbonyl (C=O) groups excluding carboxylic acids is 2. The number of nitrogens with one attached hydrogen (secondary N) is 1. The van der Waals surface area contributed by atoms with E-state index < -0.39 is 40.2 Å². The van der Waals surface area contributed by atoms with Crippen molar-refractivity contribution in [2.75, 3.05) is 24.5 Å². The lowest BCUT2D eigenvalue weighted by atomic mass is 10.1. The first-order valence-electron chi connectivity index (χ1n) is 12.4. The highest BCUT2D eigenvalue weighted by Gasteiger charge is 2.33. The Morgan fingerprint density at radius 2 is 1.64 bits per heavy atom. The molecule has 0 unspecified atom stereocenters. The number of ether oxygens (including phenoxy) is 1. The number of hydrogen-bond donors (Lipinski definition) is 1. The Balaban J connectivity index is 2.05. The van der Waals surface area contributed by atoms with E-state index in [4.69, 9.17) is 16.3 Å². The van der Waals surface area contributed by atoms with Gasteiger partial charge in [-0.3, -0.25) is 13.9 Å². The molecular weight excluding hydrogens is 545 g/mol. The summed E-state index contributed by atoms with van der Waals surface area (Å²) in [7, 11) is -2.82. The summed E-state index contributed by atoms with van der Waals surface area (Å²) in [5.74, 6) is -1.11. The van der Waals surface area contributed by atoms with E-state index in [1.165, 1.54) is 48.3 Å². The Kier molecular flexibility index (Phi) is 10.3. The second kappa shape index (κ2) is 13.4. The number of likely N-dealkylation sites (N-methyl/N-ethyl adjacent to an activating group) is 1. The molecule has 0 aliphatic carbocycles. The van der Waals surface area contributed by atoms with E-state index in [1.807, 2.05) is 6.92 Å². The van der Waals surface area contributed by atoms with Crippen LogP contribution in [-0.4, -0.2) is 51.4 Å². The van der Waals surface area contributed by atoms with E-state index in [0.29, 0.717) is 22.9 Å². The topological polar surface area (TPSA) is 96.0 Å². The molecule has 0 bridgehead atoms. The summed E-state index contributed by atoms with van der Waals surface area (Å²) in [5, 5.41) is 2.97. The molecule has 2 amide bonds. The first kappa shape index (κ1) is 29.9. The maximum Gasteiger partial charge on any atom is 0.264 e. The van der Waals surface area contributed by atoms with Gasteiger partial charge in [-0.2, -0.15) is 0 Å². The smallest absolute Gasteiger partial charge is 0.264 e. The third-order valence-electron chi connectivity index (χ3n) is 6.05. The maximum absolute atomic E-state index is 13.9. The number of rotatable bonds is 12. The number of anilines is 1. The third kappa shape index (κ3) is 7.27. The first-order valence-corrected chi connectivity index (χ1v) is 14.2. The predicted molar refractivity (Wildman–Crippen MR) is 149 cm³/mol. The zero-order valence-corrected chi connectivity index (χ0v) is 23.5. The Bertz CT molecular complexity index is 1390. The van der Waals surface area contributed by atoms with Crippen molar-refractivity contribution < 1.29 is 27.1 Å². The molecule has 11 heteroatoms. The summed E-state index contributed by atoms with van der Waals surface area (Å²) >= 11 is 6.35. The van der Waals surface area contributed by atoms with Gasteiger partial charge in [-0.25, -0.2) is 12.8 Å². The van der Waals surface area contributed by atoms with Crippen LogP contribution < -0.4 is 14.4 Å². The van der Waals surface area contributed by atoms with Crippen molar-refractivity contribution in [1.29, 1.82) is 0 Å². The molecule has 208 valence electrons. The second-order valence-electron chi connectivity index (χ2n) is 8.54. The highest BCUT2D eigenvalue weighted by Crippen LogP contribution is 2.27.